The van der Waals surface area contributed by atoms with E-state index in [1.165, 1.54) is 12.0 Å². The Morgan fingerprint density at radius 2 is 2.13 bits per heavy atom. The molecule has 3 aromatic rings. The summed E-state index contributed by atoms with van der Waals surface area (Å²) in [5.41, 5.74) is 13.0. The van der Waals surface area contributed by atoms with Crippen molar-refractivity contribution in [3.63, 3.8) is 0 Å². The first-order valence-electron chi connectivity index (χ1n) is 10.7. The van der Waals surface area contributed by atoms with E-state index < -0.39 is 0 Å². The SMILES string of the molecule is Nc1c2c(nc3cc(Cl)ccc13)C[C@H]1C=C(CCCCn3cc(CO)nn3)C[C@@H]2C1. The first kappa shape index (κ1) is 19.5. The molecular weight excluding hydrogens is 398 g/mol. The monoisotopic (exact) mass is 423 g/mol. The molecule has 30 heavy (non-hydrogen) atoms. The number of halogens is 1. The summed E-state index contributed by atoms with van der Waals surface area (Å²) in [6.07, 6.45) is 10.8. The van der Waals surface area contributed by atoms with Crippen molar-refractivity contribution in [3.05, 3.63) is 58.0 Å². The topological polar surface area (TPSA) is 89.8 Å². The van der Waals surface area contributed by atoms with Crippen molar-refractivity contribution in [2.75, 3.05) is 5.73 Å². The maximum absolute atomic E-state index is 9.09. The Hall–Kier alpha value is -2.44. The van der Waals surface area contributed by atoms with Crippen LogP contribution in [-0.4, -0.2) is 25.1 Å². The molecule has 0 saturated heterocycles. The molecule has 0 spiro atoms. The van der Waals surface area contributed by atoms with Crippen LogP contribution >= 0.6 is 11.6 Å². The number of benzene rings is 1. The molecule has 2 bridgehead atoms. The predicted octanol–water partition coefficient (Wildman–Crippen LogP) is 4.40. The highest BCUT2D eigenvalue weighted by Crippen LogP contribution is 2.47. The Bertz CT molecular complexity index is 1120. The second-order valence-corrected chi connectivity index (χ2v) is 9.00. The summed E-state index contributed by atoms with van der Waals surface area (Å²) >= 11 is 6.17. The van der Waals surface area contributed by atoms with E-state index in [1.807, 2.05) is 29.1 Å². The third-order valence-electron chi connectivity index (χ3n) is 6.42. The van der Waals surface area contributed by atoms with Crippen molar-refractivity contribution in [1.29, 1.82) is 0 Å². The number of allylic oxidation sites excluding steroid dienone is 2. The fourth-order valence-electron chi connectivity index (χ4n) is 5.12. The molecule has 2 heterocycles. The summed E-state index contributed by atoms with van der Waals surface area (Å²) in [5.74, 6) is 1.02. The number of nitrogen functional groups attached to an aromatic ring is 1. The predicted molar refractivity (Wildman–Crippen MR) is 118 cm³/mol. The Balaban J connectivity index is 1.27. The van der Waals surface area contributed by atoms with Crippen LogP contribution in [0.25, 0.3) is 10.9 Å². The molecule has 2 aliphatic rings. The number of aryl methyl sites for hydroxylation is 1. The highest BCUT2D eigenvalue weighted by Gasteiger charge is 2.33. The van der Waals surface area contributed by atoms with Crippen LogP contribution in [0.4, 0.5) is 5.69 Å². The second-order valence-electron chi connectivity index (χ2n) is 8.56. The molecule has 3 N–H and O–H groups in total. The number of hydrogen-bond donors (Lipinski definition) is 2. The van der Waals surface area contributed by atoms with Crippen LogP contribution < -0.4 is 5.73 Å². The van der Waals surface area contributed by atoms with Gasteiger partial charge in [-0.25, -0.2) is 0 Å². The number of unbranched alkanes of at least 4 members (excludes halogenated alkanes) is 1. The summed E-state index contributed by atoms with van der Waals surface area (Å²) < 4.78 is 1.81. The van der Waals surface area contributed by atoms with Gasteiger partial charge in [-0.1, -0.05) is 28.5 Å². The van der Waals surface area contributed by atoms with Crippen LogP contribution in [0.2, 0.25) is 5.02 Å². The molecule has 0 amide bonds. The lowest BCUT2D eigenvalue weighted by atomic mass is 9.70. The molecule has 5 rings (SSSR count). The van der Waals surface area contributed by atoms with Gasteiger partial charge in [-0.2, -0.15) is 0 Å². The number of fused-ring (bicyclic) bond motifs is 5. The number of nitrogens with zero attached hydrogens (tertiary/aromatic N) is 4. The van der Waals surface area contributed by atoms with Crippen molar-refractivity contribution in [3.8, 4) is 0 Å². The normalized spacial score (nSPS) is 20.3. The summed E-state index contributed by atoms with van der Waals surface area (Å²) in [6, 6.07) is 5.81. The van der Waals surface area contributed by atoms with Crippen molar-refractivity contribution in [2.24, 2.45) is 5.92 Å². The maximum Gasteiger partial charge on any atom is 0.108 e. The van der Waals surface area contributed by atoms with Gasteiger partial charge in [0.1, 0.15) is 5.69 Å². The van der Waals surface area contributed by atoms with Crippen molar-refractivity contribution < 1.29 is 5.11 Å². The van der Waals surface area contributed by atoms with E-state index in [1.54, 1.807) is 5.57 Å². The number of aromatic nitrogens is 4. The van der Waals surface area contributed by atoms with Gasteiger partial charge in [-0.05, 0) is 68.6 Å². The number of nitrogens with two attached hydrogens (primary N) is 1. The molecule has 0 saturated carbocycles. The molecule has 0 radical (unpaired) electrons. The van der Waals surface area contributed by atoms with Gasteiger partial charge in [-0.3, -0.25) is 9.67 Å². The maximum atomic E-state index is 9.09. The van der Waals surface area contributed by atoms with Gasteiger partial charge in [0.2, 0.25) is 0 Å². The summed E-state index contributed by atoms with van der Waals surface area (Å²) in [7, 11) is 0. The zero-order chi connectivity index (χ0) is 20.7. The van der Waals surface area contributed by atoms with Gasteiger partial charge in [0.25, 0.3) is 0 Å². The van der Waals surface area contributed by atoms with E-state index in [0.717, 1.165) is 60.9 Å². The summed E-state index contributed by atoms with van der Waals surface area (Å²) in [6.45, 7) is 0.777. The van der Waals surface area contributed by atoms with Crippen LogP contribution in [0, 0.1) is 5.92 Å². The molecule has 0 fully saturated rings. The number of hydrogen-bond acceptors (Lipinski definition) is 5. The van der Waals surface area contributed by atoms with Gasteiger partial charge in [0.05, 0.1) is 18.3 Å². The number of rotatable bonds is 6. The third kappa shape index (κ3) is 3.70. The molecule has 2 aliphatic carbocycles. The molecule has 0 unspecified atom stereocenters. The average molecular weight is 424 g/mol. The highest BCUT2D eigenvalue weighted by atomic mass is 35.5. The zero-order valence-electron chi connectivity index (χ0n) is 16.9. The van der Waals surface area contributed by atoms with Crippen LogP contribution in [0.1, 0.15) is 55.0 Å². The second kappa shape index (κ2) is 8.00. The summed E-state index contributed by atoms with van der Waals surface area (Å²) in [5, 5.41) is 18.8. The summed E-state index contributed by atoms with van der Waals surface area (Å²) in [4.78, 5) is 4.94. The average Bonchev–Trinajstić information content (AvgIpc) is 3.18. The number of anilines is 1. The van der Waals surface area contributed by atoms with Gasteiger partial charge < -0.3 is 10.8 Å². The number of pyridine rings is 1. The van der Waals surface area contributed by atoms with E-state index in [4.69, 9.17) is 27.4 Å². The van der Waals surface area contributed by atoms with Crippen molar-refractivity contribution in [2.45, 2.75) is 57.6 Å². The standard InChI is InChI=1S/C23H26ClN5O/c24-17-4-5-19-20(11-17)26-21-10-15-7-14(8-16(9-15)22(21)23(19)25)3-1-2-6-29-12-18(13-30)27-28-29/h4-5,7,11-12,15-16,30H,1-3,6,8-10,13H2,(H2,25,26)/t15-,16+/m0/s1. The van der Waals surface area contributed by atoms with E-state index in [2.05, 4.69) is 16.4 Å². The van der Waals surface area contributed by atoms with E-state index in [0.29, 0.717) is 22.6 Å². The Labute approximate surface area is 180 Å². The molecule has 2 aromatic heterocycles. The molecule has 156 valence electrons. The fourth-order valence-corrected chi connectivity index (χ4v) is 5.29. The first-order chi connectivity index (χ1) is 14.6. The zero-order valence-corrected chi connectivity index (χ0v) is 17.6. The van der Waals surface area contributed by atoms with Crippen molar-refractivity contribution in [1.82, 2.24) is 20.0 Å². The molecule has 1 aromatic carbocycles. The molecule has 6 nitrogen and oxygen atoms in total. The highest BCUT2D eigenvalue weighted by molar-refractivity contribution is 6.31. The van der Waals surface area contributed by atoms with Crippen LogP contribution in [0.3, 0.4) is 0 Å². The minimum absolute atomic E-state index is 0.0581. The lowest BCUT2D eigenvalue weighted by Gasteiger charge is -2.36. The minimum Gasteiger partial charge on any atom is -0.398 e. The largest absolute Gasteiger partial charge is 0.398 e. The van der Waals surface area contributed by atoms with E-state index in [-0.39, 0.29) is 6.61 Å². The van der Waals surface area contributed by atoms with Crippen LogP contribution in [0.5, 0.6) is 0 Å². The number of aliphatic hydroxyl groups excluding tert-OH is 1. The quantitative estimate of drug-likeness (QED) is 0.453. The lowest BCUT2D eigenvalue weighted by molar-refractivity contribution is 0.276. The Morgan fingerprint density at radius 1 is 1.23 bits per heavy atom. The molecule has 7 heteroatoms. The van der Waals surface area contributed by atoms with Gasteiger partial charge >= 0.3 is 0 Å². The van der Waals surface area contributed by atoms with Gasteiger partial charge in [0.15, 0.2) is 0 Å². The molecular formula is C23H26ClN5O. The molecule has 0 aliphatic heterocycles. The van der Waals surface area contributed by atoms with Crippen LogP contribution in [-0.2, 0) is 19.6 Å². The van der Waals surface area contributed by atoms with Crippen molar-refractivity contribution >= 4 is 28.2 Å². The Morgan fingerprint density at radius 3 is 2.97 bits per heavy atom. The smallest absolute Gasteiger partial charge is 0.108 e. The molecule has 2 atom stereocenters. The Kier molecular flexibility index (Phi) is 5.21. The van der Waals surface area contributed by atoms with E-state index >= 15 is 0 Å². The fraction of sp³-hybridized carbons (Fsp3) is 0.435. The first-order valence-corrected chi connectivity index (χ1v) is 11.1. The van der Waals surface area contributed by atoms with Crippen LogP contribution in [0.15, 0.2) is 36.0 Å². The lowest BCUT2D eigenvalue weighted by Crippen LogP contribution is -2.24. The van der Waals surface area contributed by atoms with Gasteiger partial charge in [-0.15, -0.1) is 5.10 Å². The minimum atomic E-state index is -0.0581. The third-order valence-corrected chi connectivity index (χ3v) is 6.66. The van der Waals surface area contributed by atoms with E-state index in [9.17, 15) is 0 Å². The number of aliphatic hydroxyl groups is 1. The van der Waals surface area contributed by atoms with Gasteiger partial charge in [0, 0.05) is 33.9 Å².